The maximum atomic E-state index is 12.4. The molecule has 0 aliphatic rings. The van der Waals surface area contributed by atoms with Gasteiger partial charge in [-0.25, -0.2) is 0 Å². The van der Waals surface area contributed by atoms with E-state index < -0.39 is 12.1 Å². The summed E-state index contributed by atoms with van der Waals surface area (Å²) in [4.78, 5) is 24.5. The highest BCUT2D eigenvalue weighted by atomic mass is 16.5. The summed E-state index contributed by atoms with van der Waals surface area (Å²) in [5, 5.41) is 23.1. The minimum atomic E-state index is -0.679. The van der Waals surface area contributed by atoms with E-state index in [1.165, 1.54) is 193 Å². The van der Waals surface area contributed by atoms with E-state index in [1.54, 1.807) is 0 Å². The van der Waals surface area contributed by atoms with Gasteiger partial charge in [0, 0.05) is 12.8 Å². The van der Waals surface area contributed by atoms with Crippen LogP contribution in [0, 0.1) is 0 Å². The van der Waals surface area contributed by atoms with Gasteiger partial charge in [0.2, 0.25) is 5.91 Å². The third-order valence-electron chi connectivity index (χ3n) is 12.6. The predicted molar refractivity (Wildman–Crippen MR) is 260 cm³/mol. The first-order valence-corrected chi connectivity index (χ1v) is 26.9. The van der Waals surface area contributed by atoms with Crippen LogP contribution in [0.25, 0.3) is 0 Å². The van der Waals surface area contributed by atoms with Gasteiger partial charge < -0.3 is 20.3 Å². The van der Waals surface area contributed by atoms with Gasteiger partial charge in [-0.1, -0.05) is 244 Å². The summed E-state index contributed by atoms with van der Waals surface area (Å²) in [6.07, 6.45) is 57.7. The van der Waals surface area contributed by atoms with Crippen LogP contribution in [-0.2, 0) is 14.3 Å². The van der Waals surface area contributed by atoms with E-state index in [0.29, 0.717) is 25.9 Å². The molecule has 0 heterocycles. The molecule has 0 aromatic heterocycles. The Labute approximate surface area is 374 Å². The number of amides is 1. The number of aliphatic hydroxyl groups excluding tert-OH is 2. The van der Waals surface area contributed by atoms with E-state index in [4.69, 9.17) is 4.74 Å². The summed E-state index contributed by atoms with van der Waals surface area (Å²) >= 11 is 0. The second kappa shape index (κ2) is 50.2. The number of hydrogen-bond acceptors (Lipinski definition) is 5. The molecular weight excluding hydrogens is 743 g/mol. The highest BCUT2D eigenvalue weighted by Crippen LogP contribution is 2.17. The van der Waals surface area contributed by atoms with Crippen LogP contribution in [0.1, 0.15) is 296 Å². The van der Waals surface area contributed by atoms with Crippen molar-refractivity contribution in [2.45, 2.75) is 309 Å². The molecule has 356 valence electrons. The van der Waals surface area contributed by atoms with Gasteiger partial charge in [0.05, 0.1) is 25.4 Å². The Balaban J connectivity index is 3.44. The molecular formula is C54H105NO5. The van der Waals surface area contributed by atoms with Crippen LogP contribution in [0.4, 0.5) is 0 Å². The van der Waals surface area contributed by atoms with Crippen LogP contribution in [-0.4, -0.2) is 47.4 Å². The zero-order valence-corrected chi connectivity index (χ0v) is 40.5. The fourth-order valence-corrected chi connectivity index (χ4v) is 8.40. The first-order valence-electron chi connectivity index (χ1n) is 26.9. The Morgan fingerprint density at radius 3 is 1.20 bits per heavy atom. The molecule has 0 aromatic rings. The molecule has 2 atom stereocenters. The first-order chi connectivity index (χ1) is 29.5. The Hall–Kier alpha value is -1.40. The zero-order chi connectivity index (χ0) is 43.7. The molecule has 0 rings (SSSR count). The lowest BCUT2D eigenvalue weighted by molar-refractivity contribution is -0.143. The fraction of sp³-hybridized carbons (Fsp3) is 0.926. The van der Waals surface area contributed by atoms with E-state index in [9.17, 15) is 19.8 Å². The molecule has 0 saturated carbocycles. The minimum Gasteiger partial charge on any atom is -0.466 e. The molecule has 2 unspecified atom stereocenters. The number of carbonyl (C=O) groups is 2. The molecule has 0 spiro atoms. The normalized spacial score (nSPS) is 12.7. The summed E-state index contributed by atoms with van der Waals surface area (Å²) in [6.45, 7) is 4.91. The Bertz CT molecular complexity index is 893. The van der Waals surface area contributed by atoms with Crippen LogP contribution in [0.15, 0.2) is 12.2 Å². The highest BCUT2D eigenvalue weighted by Gasteiger charge is 2.20. The largest absolute Gasteiger partial charge is 0.466 e. The lowest BCUT2D eigenvalue weighted by atomic mass is 10.0. The van der Waals surface area contributed by atoms with Gasteiger partial charge in [-0.15, -0.1) is 0 Å². The van der Waals surface area contributed by atoms with Crippen LogP contribution in [0.2, 0.25) is 0 Å². The molecule has 1 amide bonds. The maximum absolute atomic E-state index is 12.4. The number of aliphatic hydroxyl groups is 2. The lowest BCUT2D eigenvalue weighted by Gasteiger charge is -2.22. The maximum Gasteiger partial charge on any atom is 0.305 e. The zero-order valence-electron chi connectivity index (χ0n) is 40.5. The first kappa shape index (κ1) is 58.6. The van der Waals surface area contributed by atoms with E-state index in [1.807, 2.05) is 0 Å². The highest BCUT2D eigenvalue weighted by molar-refractivity contribution is 5.76. The molecule has 6 heteroatoms. The van der Waals surface area contributed by atoms with Crippen molar-refractivity contribution in [2.75, 3.05) is 13.2 Å². The lowest BCUT2D eigenvalue weighted by Crippen LogP contribution is -2.45. The Morgan fingerprint density at radius 2 is 0.783 bits per heavy atom. The van der Waals surface area contributed by atoms with Crippen molar-refractivity contribution in [1.29, 1.82) is 0 Å². The van der Waals surface area contributed by atoms with Crippen LogP contribution < -0.4 is 5.32 Å². The number of carbonyl (C=O) groups excluding carboxylic acids is 2. The van der Waals surface area contributed by atoms with Gasteiger partial charge in [-0.2, -0.15) is 0 Å². The van der Waals surface area contributed by atoms with E-state index >= 15 is 0 Å². The molecule has 6 nitrogen and oxygen atoms in total. The molecule has 0 bridgehead atoms. The van der Waals surface area contributed by atoms with Gasteiger partial charge in [0.1, 0.15) is 0 Å². The van der Waals surface area contributed by atoms with E-state index in [0.717, 1.165) is 70.6 Å². The quantitative estimate of drug-likeness (QED) is 0.0322. The number of esters is 1. The molecule has 3 N–H and O–H groups in total. The van der Waals surface area contributed by atoms with Gasteiger partial charge in [-0.3, -0.25) is 9.59 Å². The third-order valence-corrected chi connectivity index (χ3v) is 12.6. The second-order valence-corrected chi connectivity index (χ2v) is 18.6. The number of allylic oxidation sites excluding steroid dienone is 2. The van der Waals surface area contributed by atoms with Crippen LogP contribution in [0.5, 0.6) is 0 Å². The van der Waals surface area contributed by atoms with E-state index in [2.05, 4.69) is 31.3 Å². The van der Waals surface area contributed by atoms with Gasteiger partial charge in [0.15, 0.2) is 0 Å². The van der Waals surface area contributed by atoms with Crippen LogP contribution >= 0.6 is 0 Å². The smallest absolute Gasteiger partial charge is 0.305 e. The minimum absolute atomic E-state index is 0.00779. The van der Waals surface area contributed by atoms with Crippen molar-refractivity contribution in [3.63, 3.8) is 0 Å². The molecule has 0 fully saturated rings. The summed E-state index contributed by atoms with van der Waals surface area (Å²) in [6, 6.07) is -0.559. The Morgan fingerprint density at radius 1 is 0.450 bits per heavy atom. The number of ether oxygens (including phenoxy) is 1. The van der Waals surface area contributed by atoms with Crippen molar-refractivity contribution in [3.8, 4) is 0 Å². The molecule has 0 radical (unpaired) electrons. The van der Waals surface area contributed by atoms with Crippen molar-refractivity contribution in [2.24, 2.45) is 0 Å². The summed E-state index contributed by atoms with van der Waals surface area (Å²) in [7, 11) is 0. The molecule has 0 saturated heterocycles. The third kappa shape index (κ3) is 46.1. The average molecular weight is 848 g/mol. The van der Waals surface area contributed by atoms with Gasteiger partial charge in [-0.05, 0) is 51.4 Å². The van der Waals surface area contributed by atoms with Crippen molar-refractivity contribution >= 4 is 11.9 Å². The summed E-state index contributed by atoms with van der Waals surface area (Å²) < 4.78 is 5.47. The van der Waals surface area contributed by atoms with Crippen LogP contribution in [0.3, 0.4) is 0 Å². The van der Waals surface area contributed by atoms with Crippen molar-refractivity contribution in [1.82, 2.24) is 5.32 Å². The Kier molecular flexibility index (Phi) is 49.1. The SMILES string of the molecule is CCCCCCCCCCCCCCCCCCCCCC(=O)OCCCCCCCC/C=C\CCCCCC(=O)NC(CO)C(O)CCCCCCCCCCCCC. The van der Waals surface area contributed by atoms with E-state index in [-0.39, 0.29) is 18.5 Å². The number of nitrogens with one attached hydrogen (secondary N) is 1. The average Bonchev–Trinajstić information content (AvgIpc) is 3.25. The number of unbranched alkanes of at least 4 members (excludes halogenated alkanes) is 37. The standard InChI is InChI=1S/C54H105NO5/c1-3-5-7-9-11-13-15-16-17-18-19-20-21-24-28-32-36-40-44-48-54(59)60-49-45-41-37-33-29-25-22-23-27-31-35-39-43-47-53(58)55-51(50-56)52(57)46-42-38-34-30-26-14-12-10-8-6-4-2/h23,27,51-52,56-57H,3-22,24-26,28-50H2,1-2H3,(H,55,58)/b27-23-. The topological polar surface area (TPSA) is 95.9 Å². The molecule has 60 heavy (non-hydrogen) atoms. The summed E-state index contributed by atoms with van der Waals surface area (Å²) in [5.74, 6) is -0.0728. The number of hydrogen-bond donors (Lipinski definition) is 3. The monoisotopic (exact) mass is 848 g/mol. The molecule has 0 aliphatic carbocycles. The molecule has 0 aromatic carbocycles. The van der Waals surface area contributed by atoms with Crippen molar-refractivity contribution < 1.29 is 24.5 Å². The summed E-state index contributed by atoms with van der Waals surface area (Å²) in [5.41, 5.74) is 0. The predicted octanol–water partition coefficient (Wildman–Crippen LogP) is 16.1. The van der Waals surface area contributed by atoms with Gasteiger partial charge >= 0.3 is 5.97 Å². The molecule has 0 aliphatic heterocycles. The van der Waals surface area contributed by atoms with Crippen molar-refractivity contribution in [3.05, 3.63) is 12.2 Å². The number of rotatable bonds is 50. The second-order valence-electron chi connectivity index (χ2n) is 18.6. The van der Waals surface area contributed by atoms with Gasteiger partial charge in [0.25, 0.3) is 0 Å². The fourth-order valence-electron chi connectivity index (χ4n) is 8.40.